The molecule has 0 aliphatic carbocycles. The van der Waals surface area contributed by atoms with Gasteiger partial charge in [-0.1, -0.05) is 25.1 Å². The summed E-state index contributed by atoms with van der Waals surface area (Å²) in [6.45, 7) is 2.05. The first-order chi connectivity index (χ1) is 15.0. The van der Waals surface area contributed by atoms with Crippen LogP contribution in [0.15, 0.2) is 67.1 Å². The van der Waals surface area contributed by atoms with Gasteiger partial charge < -0.3 is 5.11 Å². The van der Waals surface area contributed by atoms with Crippen molar-refractivity contribution < 1.29 is 14.3 Å². The SMILES string of the molecule is CC(c1ccc2ncccc2c1)c1cnc2ncc(-c3ccc(C(=O)O)c(F)c3)nn12. The Kier molecular flexibility index (Phi) is 4.39. The molecule has 0 radical (unpaired) electrons. The van der Waals surface area contributed by atoms with E-state index >= 15 is 0 Å². The monoisotopic (exact) mass is 413 g/mol. The third-order valence-corrected chi connectivity index (χ3v) is 5.32. The molecule has 1 atom stereocenters. The van der Waals surface area contributed by atoms with Gasteiger partial charge in [0.25, 0.3) is 5.78 Å². The summed E-state index contributed by atoms with van der Waals surface area (Å²) < 4.78 is 15.8. The summed E-state index contributed by atoms with van der Waals surface area (Å²) in [6.07, 6.45) is 4.98. The number of benzene rings is 2. The maximum atomic E-state index is 14.1. The Bertz CT molecular complexity index is 1460. The van der Waals surface area contributed by atoms with Crippen molar-refractivity contribution in [1.82, 2.24) is 24.6 Å². The summed E-state index contributed by atoms with van der Waals surface area (Å²) in [7, 11) is 0. The van der Waals surface area contributed by atoms with E-state index in [-0.39, 0.29) is 11.5 Å². The van der Waals surface area contributed by atoms with Gasteiger partial charge >= 0.3 is 5.97 Å². The zero-order valence-electron chi connectivity index (χ0n) is 16.4. The van der Waals surface area contributed by atoms with Crippen molar-refractivity contribution in [2.24, 2.45) is 0 Å². The Morgan fingerprint density at radius 2 is 1.90 bits per heavy atom. The summed E-state index contributed by atoms with van der Waals surface area (Å²) in [5.74, 6) is -1.75. The van der Waals surface area contributed by atoms with Gasteiger partial charge in [-0.3, -0.25) is 4.98 Å². The molecule has 3 heterocycles. The lowest BCUT2D eigenvalue weighted by Gasteiger charge is -2.12. The van der Waals surface area contributed by atoms with Crippen LogP contribution in [-0.4, -0.2) is 35.6 Å². The molecule has 152 valence electrons. The Morgan fingerprint density at radius 3 is 2.71 bits per heavy atom. The number of halogens is 1. The molecule has 0 saturated carbocycles. The molecule has 8 heteroatoms. The number of carboxylic acid groups (broad SMARTS) is 1. The van der Waals surface area contributed by atoms with E-state index in [4.69, 9.17) is 5.11 Å². The molecule has 0 saturated heterocycles. The molecular formula is C23H16FN5O2. The van der Waals surface area contributed by atoms with Crippen molar-refractivity contribution in [1.29, 1.82) is 0 Å². The number of imidazole rings is 1. The standard InChI is InChI=1S/C23H16FN5O2/c1-13(14-5-7-19-15(9-14)3-2-8-25-19)21-12-27-23-26-11-20(28-29(21)23)16-4-6-17(22(30)31)18(24)10-16/h2-13H,1H3,(H,30,31). The lowest BCUT2D eigenvalue weighted by molar-refractivity contribution is 0.0692. The van der Waals surface area contributed by atoms with Gasteiger partial charge in [-0.05, 0) is 35.9 Å². The highest BCUT2D eigenvalue weighted by atomic mass is 19.1. The van der Waals surface area contributed by atoms with Crippen molar-refractivity contribution in [3.63, 3.8) is 0 Å². The van der Waals surface area contributed by atoms with Crippen LogP contribution in [0.3, 0.4) is 0 Å². The van der Waals surface area contributed by atoms with Crippen molar-refractivity contribution in [3.05, 3.63) is 89.8 Å². The van der Waals surface area contributed by atoms with E-state index < -0.39 is 11.8 Å². The van der Waals surface area contributed by atoms with Gasteiger partial charge in [-0.2, -0.15) is 5.10 Å². The number of pyridine rings is 1. The molecule has 3 aromatic heterocycles. The number of hydrogen-bond donors (Lipinski definition) is 1. The fourth-order valence-electron chi connectivity index (χ4n) is 3.60. The number of carbonyl (C=O) groups is 1. The van der Waals surface area contributed by atoms with E-state index in [0.29, 0.717) is 17.0 Å². The molecule has 0 bridgehead atoms. The van der Waals surface area contributed by atoms with Crippen LogP contribution in [0, 0.1) is 5.82 Å². The number of carboxylic acids is 1. The summed E-state index contributed by atoms with van der Waals surface area (Å²) in [4.78, 5) is 24.1. The normalized spacial score (nSPS) is 12.3. The highest BCUT2D eigenvalue weighted by Gasteiger charge is 2.17. The molecule has 0 aliphatic rings. The van der Waals surface area contributed by atoms with Crippen LogP contribution in [0.25, 0.3) is 27.9 Å². The third-order valence-electron chi connectivity index (χ3n) is 5.32. The third kappa shape index (κ3) is 3.28. The maximum absolute atomic E-state index is 14.1. The van der Waals surface area contributed by atoms with E-state index in [1.807, 2.05) is 24.3 Å². The van der Waals surface area contributed by atoms with Gasteiger partial charge in [0, 0.05) is 23.1 Å². The number of rotatable bonds is 4. The van der Waals surface area contributed by atoms with Crippen molar-refractivity contribution >= 4 is 22.6 Å². The highest BCUT2D eigenvalue weighted by molar-refractivity contribution is 5.88. The highest BCUT2D eigenvalue weighted by Crippen LogP contribution is 2.27. The van der Waals surface area contributed by atoms with Gasteiger partial charge in [0.2, 0.25) is 0 Å². The number of fused-ring (bicyclic) bond motifs is 2. The molecule has 2 aromatic carbocycles. The van der Waals surface area contributed by atoms with Gasteiger partial charge in [-0.25, -0.2) is 23.7 Å². The molecule has 1 N–H and O–H groups in total. The van der Waals surface area contributed by atoms with E-state index in [0.717, 1.165) is 28.2 Å². The van der Waals surface area contributed by atoms with E-state index in [1.54, 1.807) is 16.9 Å². The van der Waals surface area contributed by atoms with Crippen molar-refractivity contribution in [2.75, 3.05) is 0 Å². The Balaban J connectivity index is 1.57. The zero-order chi connectivity index (χ0) is 21.5. The molecule has 0 fully saturated rings. The topological polar surface area (TPSA) is 93.3 Å². The van der Waals surface area contributed by atoms with Crippen molar-refractivity contribution in [2.45, 2.75) is 12.8 Å². The Labute approximate surface area is 175 Å². The summed E-state index contributed by atoms with van der Waals surface area (Å²) in [5, 5.41) is 14.7. The quantitative estimate of drug-likeness (QED) is 0.471. The molecule has 0 amide bonds. The lowest BCUT2D eigenvalue weighted by atomic mass is 9.97. The fourth-order valence-corrected chi connectivity index (χ4v) is 3.60. The second kappa shape index (κ2) is 7.24. The van der Waals surface area contributed by atoms with Crippen molar-refractivity contribution in [3.8, 4) is 11.3 Å². The minimum absolute atomic E-state index is 0.0321. The molecule has 0 spiro atoms. The molecule has 0 aliphatic heterocycles. The summed E-state index contributed by atoms with van der Waals surface area (Å²) >= 11 is 0. The average Bonchev–Trinajstić information content (AvgIpc) is 3.21. The minimum Gasteiger partial charge on any atom is -0.478 e. The number of nitrogens with zero attached hydrogens (tertiary/aromatic N) is 5. The molecule has 5 rings (SSSR count). The predicted octanol–water partition coefficient (Wildman–Crippen LogP) is 4.33. The molecule has 1 unspecified atom stereocenters. The first kappa shape index (κ1) is 18.8. The predicted molar refractivity (Wildman–Crippen MR) is 112 cm³/mol. The maximum Gasteiger partial charge on any atom is 0.338 e. The van der Waals surface area contributed by atoms with Crippen LogP contribution in [0.4, 0.5) is 4.39 Å². The van der Waals surface area contributed by atoms with Crippen LogP contribution in [-0.2, 0) is 0 Å². The van der Waals surface area contributed by atoms with Gasteiger partial charge in [0.05, 0.1) is 29.2 Å². The number of aromatic nitrogens is 5. The molecular weight excluding hydrogens is 397 g/mol. The van der Waals surface area contributed by atoms with Crippen LogP contribution in [0.1, 0.15) is 34.5 Å². The molecule has 7 nitrogen and oxygen atoms in total. The zero-order valence-corrected chi connectivity index (χ0v) is 16.4. The van der Waals surface area contributed by atoms with E-state index in [9.17, 15) is 9.18 Å². The van der Waals surface area contributed by atoms with Crippen LogP contribution >= 0.6 is 0 Å². The Hall–Kier alpha value is -4.20. The van der Waals surface area contributed by atoms with E-state index in [2.05, 4.69) is 33.0 Å². The van der Waals surface area contributed by atoms with Crippen LogP contribution in [0.2, 0.25) is 0 Å². The first-order valence-electron chi connectivity index (χ1n) is 9.60. The summed E-state index contributed by atoms with van der Waals surface area (Å²) in [6, 6.07) is 13.9. The smallest absolute Gasteiger partial charge is 0.338 e. The Morgan fingerprint density at radius 1 is 1.06 bits per heavy atom. The second-order valence-corrected chi connectivity index (χ2v) is 7.22. The number of aromatic carboxylic acids is 1. The first-order valence-corrected chi connectivity index (χ1v) is 9.60. The molecule has 5 aromatic rings. The van der Waals surface area contributed by atoms with Gasteiger partial charge in [0.1, 0.15) is 11.5 Å². The average molecular weight is 413 g/mol. The van der Waals surface area contributed by atoms with E-state index in [1.165, 1.54) is 18.3 Å². The largest absolute Gasteiger partial charge is 0.478 e. The second-order valence-electron chi connectivity index (χ2n) is 7.22. The van der Waals surface area contributed by atoms with Gasteiger partial charge in [0.15, 0.2) is 0 Å². The van der Waals surface area contributed by atoms with Crippen LogP contribution in [0.5, 0.6) is 0 Å². The molecule has 31 heavy (non-hydrogen) atoms. The number of hydrogen-bond acceptors (Lipinski definition) is 5. The van der Waals surface area contributed by atoms with Gasteiger partial charge in [-0.15, -0.1) is 0 Å². The van der Waals surface area contributed by atoms with Crippen LogP contribution < -0.4 is 0 Å². The summed E-state index contributed by atoms with van der Waals surface area (Å²) in [5.41, 5.74) is 3.28. The lowest BCUT2D eigenvalue weighted by Crippen LogP contribution is -2.06. The fraction of sp³-hybridized carbons (Fsp3) is 0.0870. The minimum atomic E-state index is -1.32.